The molecular formula is C15H21ClN2OS. The van der Waals surface area contributed by atoms with Gasteiger partial charge in [0.15, 0.2) is 0 Å². The van der Waals surface area contributed by atoms with Crippen LogP contribution in [0, 0.1) is 0 Å². The van der Waals surface area contributed by atoms with Crippen LogP contribution in [0.2, 0.25) is 5.02 Å². The van der Waals surface area contributed by atoms with E-state index >= 15 is 0 Å². The van der Waals surface area contributed by atoms with Crippen molar-refractivity contribution in [3.63, 3.8) is 0 Å². The van der Waals surface area contributed by atoms with E-state index in [-0.39, 0.29) is 18.0 Å². The Morgan fingerprint density at radius 3 is 2.95 bits per heavy atom. The summed E-state index contributed by atoms with van der Waals surface area (Å²) in [6.45, 7) is 2.81. The Balaban J connectivity index is 1.95. The minimum absolute atomic E-state index is 0.0320. The van der Waals surface area contributed by atoms with Gasteiger partial charge in [0.2, 0.25) is 5.91 Å². The number of nitrogens with two attached hydrogens (primary N) is 1. The molecule has 1 saturated heterocycles. The van der Waals surface area contributed by atoms with Gasteiger partial charge in [-0.05, 0) is 38.3 Å². The van der Waals surface area contributed by atoms with E-state index in [9.17, 15) is 4.79 Å². The molecule has 2 rings (SSSR count). The van der Waals surface area contributed by atoms with Crippen LogP contribution in [0.4, 0.5) is 0 Å². The molecule has 0 bridgehead atoms. The minimum Gasteiger partial charge on any atom is -0.337 e. The molecule has 3 nitrogen and oxygen atoms in total. The molecule has 2 unspecified atom stereocenters. The second-order valence-electron chi connectivity index (χ2n) is 5.23. The van der Waals surface area contributed by atoms with Crippen molar-refractivity contribution in [2.45, 2.75) is 43.2 Å². The van der Waals surface area contributed by atoms with Gasteiger partial charge in [0.05, 0.1) is 10.8 Å². The second-order valence-corrected chi connectivity index (χ2v) is 6.65. The largest absolute Gasteiger partial charge is 0.337 e. The zero-order chi connectivity index (χ0) is 14.5. The number of benzene rings is 1. The molecule has 2 atom stereocenters. The molecule has 5 heteroatoms. The number of hydrogen-bond donors (Lipinski definition) is 1. The van der Waals surface area contributed by atoms with Crippen LogP contribution in [-0.4, -0.2) is 35.2 Å². The van der Waals surface area contributed by atoms with Crippen LogP contribution < -0.4 is 5.73 Å². The summed E-state index contributed by atoms with van der Waals surface area (Å²) >= 11 is 7.61. The number of thioether (sulfide) groups is 1. The standard InChI is InChI=1S/C15H21ClN2OS/c1-11(17)13-7-4-5-9-18(13)15(19)10-20-14-8-3-2-6-12(14)16/h2-3,6,8,11,13H,4-5,7,9-10,17H2,1H3. The summed E-state index contributed by atoms with van der Waals surface area (Å²) in [5.74, 6) is 0.587. The van der Waals surface area contributed by atoms with Gasteiger partial charge in [0, 0.05) is 23.5 Å². The van der Waals surface area contributed by atoms with E-state index in [1.54, 1.807) is 0 Å². The smallest absolute Gasteiger partial charge is 0.233 e. The molecule has 0 radical (unpaired) electrons. The third kappa shape index (κ3) is 3.90. The summed E-state index contributed by atoms with van der Waals surface area (Å²) in [5, 5.41) is 0.702. The minimum atomic E-state index is 0.0320. The number of likely N-dealkylation sites (tertiary alicyclic amines) is 1. The Kier molecular flexibility index (Phi) is 5.75. The molecule has 110 valence electrons. The van der Waals surface area contributed by atoms with E-state index in [2.05, 4.69) is 0 Å². The summed E-state index contributed by atoms with van der Waals surface area (Å²) in [7, 11) is 0. The van der Waals surface area contributed by atoms with Crippen molar-refractivity contribution in [1.82, 2.24) is 4.90 Å². The van der Waals surface area contributed by atoms with Gasteiger partial charge in [0.1, 0.15) is 0 Å². The summed E-state index contributed by atoms with van der Waals surface area (Å²) in [4.78, 5) is 15.3. The maximum Gasteiger partial charge on any atom is 0.233 e. The number of carbonyl (C=O) groups excluding carboxylic acids is 1. The first kappa shape index (κ1) is 15.7. The molecule has 1 aromatic carbocycles. The number of amides is 1. The maximum absolute atomic E-state index is 12.4. The molecule has 1 heterocycles. The average Bonchev–Trinajstić information content (AvgIpc) is 2.46. The first-order valence-electron chi connectivity index (χ1n) is 7.02. The Morgan fingerprint density at radius 2 is 2.25 bits per heavy atom. The molecule has 20 heavy (non-hydrogen) atoms. The van der Waals surface area contributed by atoms with Gasteiger partial charge < -0.3 is 10.6 Å². The topological polar surface area (TPSA) is 46.3 Å². The lowest BCUT2D eigenvalue weighted by Gasteiger charge is -2.38. The summed E-state index contributed by atoms with van der Waals surface area (Å²) < 4.78 is 0. The quantitative estimate of drug-likeness (QED) is 0.869. The molecule has 1 aromatic rings. The molecule has 0 saturated carbocycles. The van der Waals surface area contributed by atoms with Gasteiger partial charge in [0.25, 0.3) is 0 Å². The Hall–Kier alpha value is -0.710. The van der Waals surface area contributed by atoms with Gasteiger partial charge in [-0.15, -0.1) is 11.8 Å². The van der Waals surface area contributed by atoms with Crippen LogP contribution in [-0.2, 0) is 4.79 Å². The third-order valence-electron chi connectivity index (χ3n) is 3.66. The number of piperidine rings is 1. The number of halogens is 1. The third-order valence-corrected chi connectivity index (χ3v) is 5.16. The molecule has 1 amide bonds. The summed E-state index contributed by atoms with van der Waals surface area (Å²) in [6, 6.07) is 7.84. The first-order chi connectivity index (χ1) is 9.59. The lowest BCUT2D eigenvalue weighted by atomic mass is 9.97. The number of carbonyl (C=O) groups is 1. The number of nitrogens with zero attached hydrogens (tertiary/aromatic N) is 1. The van der Waals surface area contributed by atoms with Crippen molar-refractivity contribution in [3.8, 4) is 0 Å². The maximum atomic E-state index is 12.4. The van der Waals surface area contributed by atoms with Crippen LogP contribution in [0.25, 0.3) is 0 Å². The first-order valence-corrected chi connectivity index (χ1v) is 8.38. The van der Waals surface area contributed by atoms with E-state index in [4.69, 9.17) is 17.3 Å². The Morgan fingerprint density at radius 1 is 1.50 bits per heavy atom. The van der Waals surface area contributed by atoms with E-state index in [0.29, 0.717) is 10.8 Å². The Labute approximate surface area is 129 Å². The van der Waals surface area contributed by atoms with Crippen molar-refractivity contribution in [2.75, 3.05) is 12.3 Å². The zero-order valence-electron chi connectivity index (χ0n) is 11.7. The molecule has 1 aliphatic heterocycles. The van der Waals surface area contributed by atoms with Gasteiger partial charge in [-0.2, -0.15) is 0 Å². The fourth-order valence-corrected chi connectivity index (χ4v) is 3.72. The molecule has 0 spiro atoms. The normalized spacial score (nSPS) is 20.8. The highest BCUT2D eigenvalue weighted by Gasteiger charge is 2.28. The predicted molar refractivity (Wildman–Crippen MR) is 85.2 cm³/mol. The van der Waals surface area contributed by atoms with E-state index in [1.807, 2.05) is 36.1 Å². The fourth-order valence-electron chi connectivity index (χ4n) is 2.60. The van der Waals surface area contributed by atoms with Crippen molar-refractivity contribution >= 4 is 29.3 Å². The van der Waals surface area contributed by atoms with E-state index in [0.717, 1.165) is 30.7 Å². The fraction of sp³-hybridized carbons (Fsp3) is 0.533. The number of hydrogen-bond acceptors (Lipinski definition) is 3. The molecule has 1 aliphatic rings. The SMILES string of the molecule is CC(N)C1CCCCN1C(=O)CSc1ccccc1Cl. The average molecular weight is 313 g/mol. The van der Waals surface area contributed by atoms with Crippen LogP contribution >= 0.6 is 23.4 Å². The van der Waals surface area contributed by atoms with E-state index < -0.39 is 0 Å². The van der Waals surface area contributed by atoms with Gasteiger partial charge in [-0.25, -0.2) is 0 Å². The highest BCUT2D eigenvalue weighted by atomic mass is 35.5. The van der Waals surface area contributed by atoms with Crippen LogP contribution in [0.15, 0.2) is 29.2 Å². The lowest BCUT2D eigenvalue weighted by molar-refractivity contribution is -0.132. The predicted octanol–water partition coefficient (Wildman–Crippen LogP) is 3.16. The monoisotopic (exact) mass is 312 g/mol. The summed E-state index contributed by atoms with van der Waals surface area (Å²) in [5.41, 5.74) is 6.00. The summed E-state index contributed by atoms with van der Waals surface area (Å²) in [6.07, 6.45) is 3.25. The van der Waals surface area contributed by atoms with Crippen molar-refractivity contribution in [1.29, 1.82) is 0 Å². The van der Waals surface area contributed by atoms with Crippen LogP contribution in [0.1, 0.15) is 26.2 Å². The van der Waals surface area contributed by atoms with Gasteiger partial charge in [-0.3, -0.25) is 4.79 Å². The zero-order valence-corrected chi connectivity index (χ0v) is 13.3. The van der Waals surface area contributed by atoms with Crippen molar-refractivity contribution in [2.24, 2.45) is 5.73 Å². The molecule has 1 fully saturated rings. The van der Waals surface area contributed by atoms with Crippen LogP contribution in [0.5, 0.6) is 0 Å². The Bertz CT molecular complexity index is 467. The van der Waals surface area contributed by atoms with Crippen molar-refractivity contribution < 1.29 is 4.79 Å². The molecule has 2 N–H and O–H groups in total. The molecule has 0 aliphatic carbocycles. The molecule has 0 aromatic heterocycles. The van der Waals surface area contributed by atoms with Crippen molar-refractivity contribution in [3.05, 3.63) is 29.3 Å². The number of rotatable bonds is 4. The van der Waals surface area contributed by atoms with E-state index in [1.165, 1.54) is 11.8 Å². The molecular weight excluding hydrogens is 292 g/mol. The second kappa shape index (κ2) is 7.34. The van der Waals surface area contributed by atoms with Crippen LogP contribution in [0.3, 0.4) is 0 Å². The highest BCUT2D eigenvalue weighted by molar-refractivity contribution is 8.00. The lowest BCUT2D eigenvalue weighted by Crippen LogP contribution is -2.52. The highest BCUT2D eigenvalue weighted by Crippen LogP contribution is 2.28. The van der Waals surface area contributed by atoms with Gasteiger partial charge >= 0.3 is 0 Å². The van der Waals surface area contributed by atoms with Gasteiger partial charge in [-0.1, -0.05) is 23.7 Å².